The summed E-state index contributed by atoms with van der Waals surface area (Å²) in [7, 11) is 0. The van der Waals surface area contributed by atoms with Crippen LogP contribution in [0, 0.1) is 6.92 Å². The Morgan fingerprint density at radius 3 is 2.90 bits per heavy atom. The lowest BCUT2D eigenvalue weighted by molar-refractivity contribution is 0.0926. The molecule has 1 saturated carbocycles. The first kappa shape index (κ1) is 20.1. The molecule has 2 heterocycles. The summed E-state index contributed by atoms with van der Waals surface area (Å²) < 4.78 is 7.89. The number of fused-ring (bicyclic) bond motifs is 1. The Kier molecular flexibility index (Phi) is 6.60. The third-order valence-corrected chi connectivity index (χ3v) is 6.93. The van der Waals surface area contributed by atoms with E-state index in [9.17, 15) is 4.79 Å². The van der Waals surface area contributed by atoms with Crippen molar-refractivity contribution in [2.75, 3.05) is 6.54 Å². The number of amides is 1. The van der Waals surface area contributed by atoms with E-state index in [0.29, 0.717) is 17.6 Å². The zero-order chi connectivity index (χ0) is 20.1. The van der Waals surface area contributed by atoms with Crippen LogP contribution in [0.2, 0.25) is 0 Å². The maximum Gasteiger partial charge on any atom is 0.287 e. The summed E-state index contributed by atoms with van der Waals surface area (Å²) >= 11 is 1.98. The molecule has 1 aliphatic rings. The standard InChI is InChI=1S/C23H29N3O2S/c1-17-14-25-26(15-17)13-7-12-24-23(27)22-20(16-29-18-8-3-2-4-9-18)19-10-5-6-11-21(19)28-22/h5-6,10-11,14-15,18H,2-4,7-9,12-13,16H2,1H3,(H,24,27). The highest BCUT2D eigenvalue weighted by molar-refractivity contribution is 7.99. The van der Waals surface area contributed by atoms with Crippen molar-refractivity contribution in [3.63, 3.8) is 0 Å². The van der Waals surface area contributed by atoms with Crippen molar-refractivity contribution in [1.82, 2.24) is 15.1 Å². The summed E-state index contributed by atoms with van der Waals surface area (Å²) in [4.78, 5) is 12.9. The van der Waals surface area contributed by atoms with E-state index in [0.717, 1.165) is 40.8 Å². The molecule has 6 heteroatoms. The topological polar surface area (TPSA) is 60.1 Å². The molecule has 154 valence electrons. The number of aromatic nitrogens is 2. The van der Waals surface area contributed by atoms with Gasteiger partial charge in [-0.1, -0.05) is 37.5 Å². The lowest BCUT2D eigenvalue weighted by atomic mass is 10.0. The summed E-state index contributed by atoms with van der Waals surface area (Å²) in [6.07, 6.45) is 11.3. The van der Waals surface area contributed by atoms with Gasteiger partial charge in [-0.2, -0.15) is 16.9 Å². The number of furan rings is 1. The molecule has 4 rings (SSSR count). The molecule has 0 spiro atoms. The van der Waals surface area contributed by atoms with Gasteiger partial charge >= 0.3 is 0 Å². The van der Waals surface area contributed by atoms with Crippen molar-refractivity contribution < 1.29 is 9.21 Å². The Hall–Kier alpha value is -2.21. The first-order valence-electron chi connectivity index (χ1n) is 10.6. The number of hydrogen-bond donors (Lipinski definition) is 1. The molecule has 2 aromatic heterocycles. The van der Waals surface area contributed by atoms with Crippen molar-refractivity contribution in [2.45, 2.75) is 63.0 Å². The number of benzene rings is 1. The maximum atomic E-state index is 12.9. The van der Waals surface area contributed by atoms with Crippen molar-refractivity contribution in [3.05, 3.63) is 53.5 Å². The van der Waals surface area contributed by atoms with Gasteiger partial charge in [0.15, 0.2) is 5.76 Å². The van der Waals surface area contributed by atoms with Gasteiger partial charge in [0.05, 0.1) is 6.20 Å². The molecule has 0 bridgehead atoms. The summed E-state index contributed by atoms with van der Waals surface area (Å²) in [5.74, 6) is 1.19. The molecule has 5 nitrogen and oxygen atoms in total. The van der Waals surface area contributed by atoms with Crippen LogP contribution < -0.4 is 5.32 Å². The van der Waals surface area contributed by atoms with Gasteiger partial charge in [-0.25, -0.2) is 0 Å². The highest BCUT2D eigenvalue weighted by Gasteiger charge is 2.22. The fourth-order valence-corrected chi connectivity index (χ4v) is 5.33. The highest BCUT2D eigenvalue weighted by Crippen LogP contribution is 2.34. The number of hydrogen-bond acceptors (Lipinski definition) is 4. The van der Waals surface area contributed by atoms with E-state index in [1.165, 1.54) is 32.1 Å². The predicted molar refractivity (Wildman–Crippen MR) is 118 cm³/mol. The molecule has 0 unspecified atom stereocenters. The molecule has 0 radical (unpaired) electrons. The first-order chi connectivity index (χ1) is 14.2. The van der Waals surface area contributed by atoms with Crippen LogP contribution in [0.4, 0.5) is 0 Å². The van der Waals surface area contributed by atoms with E-state index in [1.54, 1.807) is 0 Å². The molecule has 1 aliphatic carbocycles. The van der Waals surface area contributed by atoms with Crippen LogP contribution in [0.5, 0.6) is 0 Å². The second-order valence-corrected chi connectivity index (χ2v) is 9.16. The fourth-order valence-electron chi connectivity index (χ4n) is 3.97. The first-order valence-corrected chi connectivity index (χ1v) is 11.6. The number of carbonyl (C=O) groups is 1. The predicted octanol–water partition coefficient (Wildman–Crippen LogP) is 5.32. The van der Waals surface area contributed by atoms with Crippen LogP contribution >= 0.6 is 11.8 Å². The molecule has 29 heavy (non-hydrogen) atoms. The van der Waals surface area contributed by atoms with Crippen molar-refractivity contribution in [1.29, 1.82) is 0 Å². The van der Waals surface area contributed by atoms with Gasteiger partial charge in [0, 0.05) is 41.2 Å². The number of nitrogens with one attached hydrogen (secondary N) is 1. The Balaban J connectivity index is 1.40. The number of thioether (sulfide) groups is 1. The quantitative estimate of drug-likeness (QED) is 0.509. The van der Waals surface area contributed by atoms with Crippen LogP contribution in [0.25, 0.3) is 11.0 Å². The Morgan fingerprint density at radius 1 is 1.28 bits per heavy atom. The van der Waals surface area contributed by atoms with Crippen LogP contribution in [-0.2, 0) is 12.3 Å². The smallest absolute Gasteiger partial charge is 0.287 e. The molecular formula is C23H29N3O2S. The normalized spacial score (nSPS) is 15.1. The maximum absolute atomic E-state index is 12.9. The summed E-state index contributed by atoms with van der Waals surface area (Å²) in [5.41, 5.74) is 2.98. The monoisotopic (exact) mass is 411 g/mol. The Morgan fingerprint density at radius 2 is 2.10 bits per heavy atom. The van der Waals surface area contributed by atoms with E-state index in [1.807, 2.05) is 54.0 Å². The summed E-state index contributed by atoms with van der Waals surface area (Å²) in [6.45, 7) is 3.42. The molecule has 1 N–H and O–H groups in total. The van der Waals surface area contributed by atoms with Gasteiger partial charge < -0.3 is 9.73 Å². The van der Waals surface area contributed by atoms with Crippen LogP contribution in [-0.4, -0.2) is 27.5 Å². The number of rotatable bonds is 8. The second-order valence-electron chi connectivity index (χ2n) is 7.87. The fraction of sp³-hybridized carbons (Fsp3) is 0.478. The molecular weight excluding hydrogens is 382 g/mol. The summed E-state index contributed by atoms with van der Waals surface area (Å²) in [5, 5.41) is 9.08. The van der Waals surface area contributed by atoms with E-state index in [4.69, 9.17) is 4.42 Å². The average molecular weight is 412 g/mol. The second kappa shape index (κ2) is 9.53. The zero-order valence-electron chi connectivity index (χ0n) is 17.0. The van der Waals surface area contributed by atoms with Gasteiger partial charge in [-0.3, -0.25) is 9.48 Å². The average Bonchev–Trinajstić information content (AvgIpc) is 3.33. The third-order valence-electron chi connectivity index (χ3n) is 5.53. The Labute approximate surface area is 176 Å². The van der Waals surface area contributed by atoms with Crippen LogP contribution in [0.3, 0.4) is 0 Å². The Bertz CT molecular complexity index is 956. The largest absolute Gasteiger partial charge is 0.451 e. The minimum absolute atomic E-state index is 0.114. The molecule has 1 fully saturated rings. The van der Waals surface area contributed by atoms with E-state index >= 15 is 0 Å². The zero-order valence-corrected chi connectivity index (χ0v) is 17.8. The molecule has 0 atom stereocenters. The minimum atomic E-state index is -0.114. The van der Waals surface area contributed by atoms with Crippen molar-refractivity contribution in [3.8, 4) is 0 Å². The SMILES string of the molecule is Cc1cnn(CCCNC(=O)c2oc3ccccc3c2CSC2CCCCC2)c1. The number of aryl methyl sites for hydroxylation is 2. The third kappa shape index (κ3) is 5.04. The van der Waals surface area contributed by atoms with E-state index in [2.05, 4.69) is 16.5 Å². The number of para-hydroxylation sites is 1. The molecule has 0 saturated heterocycles. The van der Waals surface area contributed by atoms with Crippen LogP contribution in [0.15, 0.2) is 41.1 Å². The molecule has 0 aliphatic heterocycles. The minimum Gasteiger partial charge on any atom is -0.451 e. The lowest BCUT2D eigenvalue weighted by Gasteiger charge is -2.20. The van der Waals surface area contributed by atoms with Crippen molar-refractivity contribution >= 4 is 28.6 Å². The van der Waals surface area contributed by atoms with E-state index in [-0.39, 0.29) is 5.91 Å². The van der Waals surface area contributed by atoms with Gasteiger partial charge in [0.1, 0.15) is 5.58 Å². The van der Waals surface area contributed by atoms with Gasteiger partial charge in [-0.05, 0) is 37.8 Å². The molecule has 1 amide bonds. The molecule has 3 aromatic rings. The number of carbonyl (C=O) groups excluding carboxylic acids is 1. The van der Waals surface area contributed by atoms with E-state index < -0.39 is 0 Å². The number of nitrogens with zero attached hydrogens (tertiary/aromatic N) is 2. The van der Waals surface area contributed by atoms with Gasteiger partial charge in [0.25, 0.3) is 5.91 Å². The highest BCUT2D eigenvalue weighted by atomic mass is 32.2. The lowest BCUT2D eigenvalue weighted by Crippen LogP contribution is -2.25. The van der Waals surface area contributed by atoms with Gasteiger partial charge in [0.2, 0.25) is 0 Å². The molecule has 1 aromatic carbocycles. The van der Waals surface area contributed by atoms with Gasteiger partial charge in [-0.15, -0.1) is 0 Å². The van der Waals surface area contributed by atoms with Crippen LogP contribution in [0.1, 0.15) is 60.2 Å². The summed E-state index contributed by atoms with van der Waals surface area (Å²) in [6, 6.07) is 7.98. The van der Waals surface area contributed by atoms with Crippen molar-refractivity contribution in [2.24, 2.45) is 0 Å².